The van der Waals surface area contributed by atoms with Crippen LogP contribution in [0.2, 0.25) is 0 Å². The molecule has 0 bridgehead atoms. The molecule has 1 heterocycles. The molecule has 3 aromatic carbocycles. The third-order valence-electron chi connectivity index (χ3n) is 5.85. The van der Waals surface area contributed by atoms with Gasteiger partial charge < -0.3 is 14.5 Å². The number of nitrogens with zero attached hydrogens (tertiary/aromatic N) is 3. The molecule has 0 saturated carbocycles. The van der Waals surface area contributed by atoms with E-state index in [1.807, 2.05) is 42.5 Å². The number of hydrogen-bond donors (Lipinski definition) is 0. The third kappa shape index (κ3) is 5.73. The van der Waals surface area contributed by atoms with E-state index in [0.29, 0.717) is 11.3 Å². The highest BCUT2D eigenvalue weighted by molar-refractivity contribution is 6.01. The molecule has 180 valence electrons. The summed E-state index contributed by atoms with van der Waals surface area (Å²) in [6, 6.07) is 22.6. The maximum atomic E-state index is 13.2. The van der Waals surface area contributed by atoms with Gasteiger partial charge in [0.1, 0.15) is 25.6 Å². The van der Waals surface area contributed by atoms with Gasteiger partial charge in [-0.25, -0.2) is 4.39 Å². The highest BCUT2D eigenvalue weighted by atomic mass is 19.1. The number of carbonyl (C=O) groups is 3. The molecule has 0 aromatic heterocycles. The topological polar surface area (TPSA) is 70.2 Å². The Bertz CT molecular complexity index is 1180. The van der Waals surface area contributed by atoms with Crippen molar-refractivity contribution >= 4 is 23.4 Å². The van der Waals surface area contributed by atoms with Gasteiger partial charge in [0.25, 0.3) is 5.91 Å². The summed E-state index contributed by atoms with van der Waals surface area (Å²) in [6.07, 6.45) is 0. The Kier molecular flexibility index (Phi) is 7.52. The number of anilines is 1. The van der Waals surface area contributed by atoms with E-state index in [-0.39, 0.29) is 50.6 Å². The molecule has 0 unspecified atom stereocenters. The van der Waals surface area contributed by atoms with Gasteiger partial charge in [0.05, 0.1) is 6.61 Å². The molecular formula is C27H26FN3O4. The molecule has 0 spiro atoms. The Balaban J connectivity index is 1.44. The predicted molar refractivity (Wildman–Crippen MR) is 130 cm³/mol. The highest BCUT2D eigenvalue weighted by Crippen LogP contribution is 2.21. The number of carbonyl (C=O) groups excluding carboxylic acids is 3. The first-order valence-corrected chi connectivity index (χ1v) is 11.2. The van der Waals surface area contributed by atoms with E-state index < -0.39 is 5.82 Å². The van der Waals surface area contributed by atoms with Gasteiger partial charge in [0, 0.05) is 24.9 Å². The molecule has 3 aromatic rings. The van der Waals surface area contributed by atoms with Crippen LogP contribution in [-0.4, -0.2) is 67.5 Å². The van der Waals surface area contributed by atoms with E-state index in [4.69, 9.17) is 4.74 Å². The lowest BCUT2D eigenvalue weighted by Gasteiger charge is -2.25. The van der Waals surface area contributed by atoms with Crippen LogP contribution in [0.3, 0.4) is 0 Å². The fraction of sp³-hybridized carbons (Fsp3) is 0.222. The van der Waals surface area contributed by atoms with Gasteiger partial charge in [-0.1, -0.05) is 42.5 Å². The third-order valence-corrected chi connectivity index (χ3v) is 5.85. The van der Waals surface area contributed by atoms with Crippen molar-refractivity contribution in [2.45, 2.75) is 0 Å². The average molecular weight is 476 g/mol. The monoisotopic (exact) mass is 475 g/mol. The van der Waals surface area contributed by atoms with Crippen LogP contribution in [0.25, 0.3) is 11.1 Å². The van der Waals surface area contributed by atoms with Crippen LogP contribution in [0.5, 0.6) is 0 Å². The Hall–Kier alpha value is -4.04. The summed E-state index contributed by atoms with van der Waals surface area (Å²) in [5, 5.41) is 0. The lowest BCUT2D eigenvalue weighted by molar-refractivity contribution is -0.132. The average Bonchev–Trinajstić information content (AvgIpc) is 3.28. The van der Waals surface area contributed by atoms with E-state index in [0.717, 1.165) is 11.1 Å². The molecule has 1 aliphatic heterocycles. The molecule has 1 fully saturated rings. The highest BCUT2D eigenvalue weighted by Gasteiger charge is 2.33. The summed E-state index contributed by atoms with van der Waals surface area (Å²) in [6.45, 7) is 0.246. The minimum absolute atomic E-state index is 0.0430. The molecule has 0 radical (unpaired) electrons. The van der Waals surface area contributed by atoms with Crippen LogP contribution in [-0.2, 0) is 14.3 Å². The molecule has 0 atom stereocenters. The maximum Gasteiger partial charge on any atom is 0.254 e. The van der Waals surface area contributed by atoms with Gasteiger partial charge in [-0.3, -0.25) is 19.3 Å². The summed E-state index contributed by atoms with van der Waals surface area (Å²) in [4.78, 5) is 42.9. The van der Waals surface area contributed by atoms with Crippen molar-refractivity contribution in [2.75, 3.05) is 44.9 Å². The van der Waals surface area contributed by atoms with Crippen LogP contribution in [0.1, 0.15) is 10.4 Å². The van der Waals surface area contributed by atoms with Crippen molar-refractivity contribution in [3.63, 3.8) is 0 Å². The summed E-state index contributed by atoms with van der Waals surface area (Å²) >= 11 is 0. The minimum atomic E-state index is -0.405. The minimum Gasteiger partial charge on any atom is -0.383 e. The van der Waals surface area contributed by atoms with Gasteiger partial charge in [-0.05, 0) is 47.5 Å². The zero-order valence-corrected chi connectivity index (χ0v) is 19.4. The van der Waals surface area contributed by atoms with Crippen molar-refractivity contribution in [1.29, 1.82) is 0 Å². The van der Waals surface area contributed by atoms with Crippen molar-refractivity contribution in [3.05, 3.63) is 90.2 Å². The molecule has 7 nitrogen and oxygen atoms in total. The molecular weight excluding hydrogens is 449 g/mol. The van der Waals surface area contributed by atoms with Crippen molar-refractivity contribution in [2.24, 2.45) is 0 Å². The van der Waals surface area contributed by atoms with Crippen LogP contribution < -0.4 is 4.90 Å². The van der Waals surface area contributed by atoms with Gasteiger partial charge in [-0.15, -0.1) is 0 Å². The molecule has 1 aliphatic rings. The molecule has 8 heteroatoms. The van der Waals surface area contributed by atoms with Crippen molar-refractivity contribution in [3.8, 4) is 11.1 Å². The summed E-state index contributed by atoms with van der Waals surface area (Å²) in [7, 11) is 1.53. The normalized spacial score (nSPS) is 13.3. The van der Waals surface area contributed by atoms with Crippen LogP contribution >= 0.6 is 0 Å². The summed E-state index contributed by atoms with van der Waals surface area (Å²) < 4.78 is 18.4. The number of hydrogen-bond acceptors (Lipinski definition) is 4. The zero-order valence-electron chi connectivity index (χ0n) is 19.4. The van der Waals surface area contributed by atoms with Crippen LogP contribution in [0, 0.1) is 5.82 Å². The van der Waals surface area contributed by atoms with Crippen LogP contribution in [0.15, 0.2) is 78.9 Å². The molecule has 3 amide bonds. The van der Waals surface area contributed by atoms with E-state index in [9.17, 15) is 18.8 Å². The van der Waals surface area contributed by atoms with Crippen LogP contribution in [0.4, 0.5) is 10.1 Å². The first-order chi connectivity index (χ1) is 17.0. The maximum absolute atomic E-state index is 13.2. The smallest absolute Gasteiger partial charge is 0.254 e. The van der Waals surface area contributed by atoms with Gasteiger partial charge >= 0.3 is 0 Å². The number of methoxy groups -OCH3 is 1. The fourth-order valence-electron chi connectivity index (χ4n) is 3.90. The number of ether oxygens (including phenoxy) is 1. The zero-order chi connectivity index (χ0) is 24.8. The number of benzene rings is 3. The van der Waals surface area contributed by atoms with Gasteiger partial charge in [0.2, 0.25) is 11.8 Å². The molecule has 0 N–H and O–H groups in total. The molecule has 4 rings (SSSR count). The number of halogens is 1. The number of amides is 3. The lowest BCUT2D eigenvalue weighted by atomic mass is 10.0. The van der Waals surface area contributed by atoms with E-state index >= 15 is 0 Å². The Morgan fingerprint density at radius 2 is 1.60 bits per heavy atom. The largest absolute Gasteiger partial charge is 0.383 e. The van der Waals surface area contributed by atoms with E-state index in [1.165, 1.54) is 46.1 Å². The van der Waals surface area contributed by atoms with Gasteiger partial charge in [0.15, 0.2) is 0 Å². The second-order valence-electron chi connectivity index (χ2n) is 8.19. The van der Waals surface area contributed by atoms with Gasteiger partial charge in [-0.2, -0.15) is 0 Å². The molecule has 35 heavy (non-hydrogen) atoms. The Morgan fingerprint density at radius 3 is 2.26 bits per heavy atom. The standard InChI is InChI=1S/C27H26FN3O4/c1-35-16-15-29(27(34)22-9-7-21(8-10-22)20-5-3-2-4-6-20)17-25(32)30-18-26(33)31(19-30)24-13-11-23(28)12-14-24/h2-14H,15-19H2,1H3. The second kappa shape index (κ2) is 10.9. The quantitative estimate of drug-likeness (QED) is 0.501. The summed E-state index contributed by atoms with van der Waals surface area (Å²) in [5.74, 6) is -1.32. The molecule has 0 aliphatic carbocycles. The predicted octanol–water partition coefficient (Wildman–Crippen LogP) is 3.41. The Morgan fingerprint density at radius 1 is 0.943 bits per heavy atom. The number of rotatable bonds is 8. The molecule has 1 saturated heterocycles. The second-order valence-corrected chi connectivity index (χ2v) is 8.19. The SMILES string of the molecule is COCCN(CC(=O)N1CC(=O)N(c2ccc(F)cc2)C1)C(=O)c1ccc(-c2ccccc2)cc1. The van der Waals surface area contributed by atoms with Crippen molar-refractivity contribution < 1.29 is 23.5 Å². The first-order valence-electron chi connectivity index (χ1n) is 11.2. The first kappa shape index (κ1) is 24.1. The van der Waals surface area contributed by atoms with Crippen molar-refractivity contribution in [1.82, 2.24) is 9.80 Å². The lowest BCUT2D eigenvalue weighted by Crippen LogP contribution is -2.44. The van der Waals surface area contributed by atoms with E-state index in [2.05, 4.69) is 0 Å². The van der Waals surface area contributed by atoms with E-state index in [1.54, 1.807) is 12.1 Å². The Labute approximate surface area is 203 Å². The fourth-order valence-corrected chi connectivity index (χ4v) is 3.90. The summed E-state index contributed by atoms with van der Waals surface area (Å²) in [5.41, 5.74) is 3.00.